The summed E-state index contributed by atoms with van der Waals surface area (Å²) in [5.74, 6) is -1.44. The van der Waals surface area contributed by atoms with E-state index in [9.17, 15) is 14.7 Å². The Hall–Kier alpha value is -3.33. The quantitative estimate of drug-likeness (QED) is 0.794. The van der Waals surface area contributed by atoms with E-state index in [2.05, 4.69) is 0 Å². The molecule has 0 saturated heterocycles. The van der Waals surface area contributed by atoms with Crippen molar-refractivity contribution < 1.29 is 24.5 Å². The second kappa shape index (κ2) is 7.09. The maximum Gasteiger partial charge on any atom is 0.303 e. The Bertz CT molecular complexity index is 778. The van der Waals surface area contributed by atoms with Crippen LogP contribution in [0, 0.1) is 11.3 Å². The van der Waals surface area contributed by atoms with Gasteiger partial charge in [0.2, 0.25) is 0 Å². The van der Waals surface area contributed by atoms with Crippen LogP contribution in [0.2, 0.25) is 0 Å². The number of benzene rings is 2. The summed E-state index contributed by atoms with van der Waals surface area (Å²) in [6, 6.07) is 13.1. The monoisotopic (exact) mass is 311 g/mol. The standard InChI is InChI=1S/C17H13NO5/c18-10-11-8-13(23-12-4-2-1-3-5-12)9-14(17(11)22)15(19)6-7-16(20)21/h1-5,8-9,22H,6-7H2,(H,20,21). The molecular weight excluding hydrogens is 298 g/mol. The van der Waals surface area contributed by atoms with Gasteiger partial charge in [0.25, 0.3) is 0 Å². The van der Waals surface area contributed by atoms with E-state index < -0.39 is 17.5 Å². The number of hydrogen-bond acceptors (Lipinski definition) is 5. The number of Topliss-reactive ketones (excluding diaryl/α,β-unsaturated/α-hetero) is 1. The molecule has 0 amide bonds. The number of carbonyl (C=O) groups is 2. The summed E-state index contributed by atoms with van der Waals surface area (Å²) in [7, 11) is 0. The fraction of sp³-hybridized carbons (Fsp3) is 0.118. The molecule has 0 spiro atoms. The second-order valence-electron chi connectivity index (χ2n) is 4.71. The van der Waals surface area contributed by atoms with Crippen LogP contribution in [0.4, 0.5) is 0 Å². The van der Waals surface area contributed by atoms with Crippen LogP contribution in [0.3, 0.4) is 0 Å². The number of phenolic OH excluding ortho intramolecular Hbond substituents is 1. The molecule has 2 rings (SSSR count). The molecule has 0 aliphatic rings. The molecule has 6 nitrogen and oxygen atoms in total. The molecule has 0 aliphatic heterocycles. The van der Waals surface area contributed by atoms with Gasteiger partial charge in [-0.15, -0.1) is 0 Å². The van der Waals surface area contributed by atoms with Crippen LogP contribution in [0.1, 0.15) is 28.8 Å². The lowest BCUT2D eigenvalue weighted by atomic mass is 10.0. The molecular formula is C17H13NO5. The summed E-state index contributed by atoms with van der Waals surface area (Å²) in [5.41, 5.74) is -0.242. The maximum atomic E-state index is 12.1. The molecule has 0 heterocycles. The Kier molecular flexibility index (Phi) is 4.95. The van der Waals surface area contributed by atoms with E-state index >= 15 is 0 Å². The largest absolute Gasteiger partial charge is 0.506 e. The van der Waals surface area contributed by atoms with Crippen molar-refractivity contribution in [3.63, 3.8) is 0 Å². The SMILES string of the molecule is N#Cc1cc(Oc2ccccc2)cc(C(=O)CCC(=O)O)c1O. The number of carbonyl (C=O) groups excluding carboxylic acids is 1. The van der Waals surface area contributed by atoms with Crippen LogP contribution in [0.5, 0.6) is 17.2 Å². The lowest BCUT2D eigenvalue weighted by Crippen LogP contribution is -2.05. The fourth-order valence-electron chi connectivity index (χ4n) is 1.94. The minimum atomic E-state index is -1.12. The van der Waals surface area contributed by atoms with Crippen molar-refractivity contribution in [2.24, 2.45) is 0 Å². The number of ketones is 1. The average Bonchev–Trinajstić information content (AvgIpc) is 2.55. The summed E-state index contributed by atoms with van der Waals surface area (Å²) in [6.07, 6.45) is -0.632. The van der Waals surface area contributed by atoms with Gasteiger partial charge in [-0.1, -0.05) is 18.2 Å². The third-order valence-electron chi connectivity index (χ3n) is 3.05. The van der Waals surface area contributed by atoms with Crippen molar-refractivity contribution in [2.75, 3.05) is 0 Å². The van der Waals surface area contributed by atoms with Crippen molar-refractivity contribution in [1.82, 2.24) is 0 Å². The number of carboxylic acids is 1. The number of aromatic hydroxyl groups is 1. The molecule has 0 aliphatic carbocycles. The van der Waals surface area contributed by atoms with Gasteiger partial charge in [0.05, 0.1) is 17.5 Å². The van der Waals surface area contributed by atoms with Gasteiger partial charge in [-0.25, -0.2) is 0 Å². The summed E-state index contributed by atoms with van der Waals surface area (Å²) < 4.78 is 5.56. The summed E-state index contributed by atoms with van der Waals surface area (Å²) in [5, 5.41) is 27.7. The molecule has 0 bridgehead atoms. The zero-order valence-corrected chi connectivity index (χ0v) is 12.0. The zero-order valence-electron chi connectivity index (χ0n) is 12.0. The Morgan fingerprint density at radius 2 is 1.78 bits per heavy atom. The van der Waals surface area contributed by atoms with E-state index in [-0.39, 0.29) is 29.7 Å². The Balaban J connectivity index is 2.34. The van der Waals surface area contributed by atoms with Gasteiger partial charge in [0, 0.05) is 12.5 Å². The first-order valence-electron chi connectivity index (χ1n) is 6.76. The minimum absolute atomic E-state index is 0.114. The third kappa shape index (κ3) is 4.08. The van der Waals surface area contributed by atoms with Gasteiger partial charge < -0.3 is 14.9 Å². The number of nitrogens with zero attached hydrogens (tertiary/aromatic N) is 1. The molecule has 0 radical (unpaired) electrons. The van der Waals surface area contributed by atoms with E-state index in [1.54, 1.807) is 30.3 Å². The number of rotatable bonds is 6. The van der Waals surface area contributed by atoms with E-state index in [0.717, 1.165) is 0 Å². The third-order valence-corrected chi connectivity index (χ3v) is 3.05. The van der Waals surface area contributed by atoms with E-state index in [1.807, 2.05) is 6.07 Å². The second-order valence-corrected chi connectivity index (χ2v) is 4.71. The topological polar surface area (TPSA) is 108 Å². The normalized spacial score (nSPS) is 9.87. The first-order valence-corrected chi connectivity index (χ1v) is 6.76. The molecule has 116 valence electrons. The number of ether oxygens (including phenoxy) is 1. The van der Waals surface area contributed by atoms with Crippen LogP contribution < -0.4 is 4.74 Å². The van der Waals surface area contributed by atoms with Crippen molar-refractivity contribution in [3.05, 3.63) is 53.6 Å². The Morgan fingerprint density at radius 3 is 2.39 bits per heavy atom. The van der Waals surface area contributed by atoms with Gasteiger partial charge in [-0.2, -0.15) is 5.26 Å². The van der Waals surface area contributed by atoms with Gasteiger partial charge in [0.1, 0.15) is 23.3 Å². The molecule has 0 fully saturated rings. The zero-order chi connectivity index (χ0) is 16.8. The van der Waals surface area contributed by atoms with Crippen molar-refractivity contribution >= 4 is 11.8 Å². The lowest BCUT2D eigenvalue weighted by Gasteiger charge is -2.10. The number of carboxylic acid groups (broad SMARTS) is 1. The first-order chi connectivity index (χ1) is 11.0. The molecule has 23 heavy (non-hydrogen) atoms. The molecule has 0 aromatic heterocycles. The van der Waals surface area contributed by atoms with E-state index in [0.29, 0.717) is 5.75 Å². The Labute approximate surface area is 132 Å². The Morgan fingerprint density at radius 1 is 1.09 bits per heavy atom. The van der Waals surface area contributed by atoms with Gasteiger partial charge >= 0.3 is 5.97 Å². The van der Waals surface area contributed by atoms with Crippen molar-refractivity contribution in [1.29, 1.82) is 5.26 Å². The number of para-hydroxylation sites is 1. The highest BCUT2D eigenvalue weighted by atomic mass is 16.5. The van der Waals surface area contributed by atoms with E-state index in [4.69, 9.17) is 15.1 Å². The van der Waals surface area contributed by atoms with Crippen molar-refractivity contribution in [2.45, 2.75) is 12.8 Å². The molecule has 2 aromatic carbocycles. The van der Waals surface area contributed by atoms with Crippen LogP contribution in [0.15, 0.2) is 42.5 Å². The van der Waals surface area contributed by atoms with Crippen LogP contribution in [-0.2, 0) is 4.79 Å². The molecule has 2 N–H and O–H groups in total. The number of nitriles is 1. The molecule has 0 atom stereocenters. The minimum Gasteiger partial charge on any atom is -0.506 e. The first kappa shape index (κ1) is 16.0. The van der Waals surface area contributed by atoms with Gasteiger partial charge in [-0.3, -0.25) is 9.59 Å². The predicted molar refractivity (Wildman–Crippen MR) is 80.5 cm³/mol. The highest BCUT2D eigenvalue weighted by Crippen LogP contribution is 2.31. The molecule has 0 unspecified atom stereocenters. The molecule has 2 aromatic rings. The predicted octanol–water partition coefficient (Wildman–Crippen LogP) is 3.10. The summed E-state index contributed by atoms with van der Waals surface area (Å²) >= 11 is 0. The number of hydrogen-bond donors (Lipinski definition) is 2. The van der Waals surface area contributed by atoms with Gasteiger partial charge in [-0.05, 0) is 18.2 Å². The van der Waals surface area contributed by atoms with Crippen molar-refractivity contribution in [3.8, 4) is 23.3 Å². The number of aliphatic carboxylic acids is 1. The summed E-state index contributed by atoms with van der Waals surface area (Å²) in [6.45, 7) is 0. The van der Waals surface area contributed by atoms with Crippen LogP contribution in [0.25, 0.3) is 0 Å². The van der Waals surface area contributed by atoms with Gasteiger partial charge in [0.15, 0.2) is 5.78 Å². The van der Waals surface area contributed by atoms with E-state index in [1.165, 1.54) is 12.1 Å². The summed E-state index contributed by atoms with van der Waals surface area (Å²) in [4.78, 5) is 22.6. The van der Waals surface area contributed by atoms with Crippen LogP contribution in [-0.4, -0.2) is 22.0 Å². The molecule has 0 saturated carbocycles. The lowest BCUT2D eigenvalue weighted by molar-refractivity contribution is -0.136. The fourth-order valence-corrected chi connectivity index (χ4v) is 1.94. The highest BCUT2D eigenvalue weighted by molar-refractivity contribution is 6.00. The van der Waals surface area contributed by atoms with Crippen LogP contribution >= 0.6 is 0 Å². The molecule has 6 heteroatoms. The highest BCUT2D eigenvalue weighted by Gasteiger charge is 2.18. The smallest absolute Gasteiger partial charge is 0.303 e. The number of phenols is 1. The maximum absolute atomic E-state index is 12.1. The average molecular weight is 311 g/mol.